The number of carbonyl (C=O) groups excluding carboxylic acids is 2. The van der Waals surface area contributed by atoms with Gasteiger partial charge in [0.1, 0.15) is 11.4 Å². The zero-order chi connectivity index (χ0) is 10.4. The van der Waals surface area contributed by atoms with Crippen LogP contribution in [-0.2, 0) is 9.59 Å². The fourth-order valence-corrected chi connectivity index (χ4v) is 0.930. The molecule has 0 aliphatic carbocycles. The Hall–Kier alpha value is -2.22. The van der Waals surface area contributed by atoms with E-state index in [0.717, 1.165) is 0 Å². The van der Waals surface area contributed by atoms with Crippen molar-refractivity contribution in [1.82, 2.24) is 0 Å². The standard InChI is InChI=1S/C9H6N2O3/c1-14-9-4-7(10-5-12)2-3-8(9)11-6-13/h2-4H,1H3. The third-order valence-electron chi connectivity index (χ3n) is 1.50. The molecule has 0 N–H and O–H groups in total. The molecular weight excluding hydrogens is 184 g/mol. The molecule has 0 atom stereocenters. The van der Waals surface area contributed by atoms with Crippen LogP contribution >= 0.6 is 0 Å². The van der Waals surface area contributed by atoms with Gasteiger partial charge in [-0.1, -0.05) is 0 Å². The lowest BCUT2D eigenvalue weighted by atomic mass is 10.2. The summed E-state index contributed by atoms with van der Waals surface area (Å²) in [5.74, 6) is 0.352. The Morgan fingerprint density at radius 2 is 1.93 bits per heavy atom. The van der Waals surface area contributed by atoms with E-state index in [2.05, 4.69) is 9.98 Å². The molecule has 0 heterocycles. The summed E-state index contributed by atoms with van der Waals surface area (Å²) in [5.41, 5.74) is 0.731. The Labute approximate surface area is 79.8 Å². The van der Waals surface area contributed by atoms with Crippen LogP contribution in [0.3, 0.4) is 0 Å². The van der Waals surface area contributed by atoms with E-state index in [9.17, 15) is 9.59 Å². The van der Waals surface area contributed by atoms with Gasteiger partial charge in [0.15, 0.2) is 0 Å². The minimum absolute atomic E-state index is 0.340. The summed E-state index contributed by atoms with van der Waals surface area (Å²) in [5, 5.41) is 0. The fraction of sp³-hybridized carbons (Fsp3) is 0.111. The minimum atomic E-state index is 0.340. The molecule has 0 aliphatic rings. The van der Waals surface area contributed by atoms with Gasteiger partial charge in [-0.05, 0) is 12.1 Å². The highest BCUT2D eigenvalue weighted by atomic mass is 16.5. The van der Waals surface area contributed by atoms with Gasteiger partial charge in [-0.2, -0.15) is 9.98 Å². The van der Waals surface area contributed by atoms with E-state index < -0.39 is 0 Å². The molecule has 5 nitrogen and oxygen atoms in total. The van der Waals surface area contributed by atoms with Crippen LogP contribution in [0.5, 0.6) is 5.75 Å². The summed E-state index contributed by atoms with van der Waals surface area (Å²) in [6.45, 7) is 0. The number of hydrogen-bond acceptors (Lipinski definition) is 5. The van der Waals surface area contributed by atoms with Crippen LogP contribution in [0.1, 0.15) is 0 Å². The maximum absolute atomic E-state index is 10.0. The van der Waals surface area contributed by atoms with Gasteiger partial charge in [-0.3, -0.25) is 0 Å². The Balaban J connectivity index is 3.23. The van der Waals surface area contributed by atoms with E-state index >= 15 is 0 Å². The topological polar surface area (TPSA) is 68.1 Å². The van der Waals surface area contributed by atoms with Crippen molar-refractivity contribution in [2.24, 2.45) is 9.98 Å². The van der Waals surface area contributed by atoms with Crippen molar-refractivity contribution >= 4 is 23.5 Å². The number of benzene rings is 1. The maximum atomic E-state index is 10.0. The van der Waals surface area contributed by atoms with Gasteiger partial charge >= 0.3 is 0 Å². The Morgan fingerprint density at radius 3 is 2.50 bits per heavy atom. The van der Waals surface area contributed by atoms with Crippen molar-refractivity contribution in [3.63, 3.8) is 0 Å². The van der Waals surface area contributed by atoms with Crippen molar-refractivity contribution < 1.29 is 14.3 Å². The van der Waals surface area contributed by atoms with Crippen LogP contribution in [0, 0.1) is 0 Å². The third kappa shape index (κ3) is 2.14. The first-order valence-corrected chi connectivity index (χ1v) is 3.65. The normalized spacial score (nSPS) is 8.36. The number of methoxy groups -OCH3 is 1. The van der Waals surface area contributed by atoms with Crippen LogP contribution in [0.4, 0.5) is 11.4 Å². The number of nitrogens with zero attached hydrogens (tertiary/aromatic N) is 2. The van der Waals surface area contributed by atoms with Crippen molar-refractivity contribution in [2.45, 2.75) is 0 Å². The summed E-state index contributed by atoms with van der Waals surface area (Å²) < 4.78 is 4.92. The van der Waals surface area contributed by atoms with Gasteiger partial charge in [-0.25, -0.2) is 9.59 Å². The lowest BCUT2D eigenvalue weighted by molar-refractivity contribution is 0.416. The van der Waals surface area contributed by atoms with E-state index in [-0.39, 0.29) is 0 Å². The largest absolute Gasteiger partial charge is 0.494 e. The predicted molar refractivity (Wildman–Crippen MR) is 48.6 cm³/mol. The molecule has 1 aromatic carbocycles. The van der Waals surface area contributed by atoms with Crippen molar-refractivity contribution in [1.29, 1.82) is 0 Å². The van der Waals surface area contributed by atoms with Gasteiger partial charge in [0.25, 0.3) is 0 Å². The van der Waals surface area contributed by atoms with Gasteiger partial charge in [0.2, 0.25) is 12.2 Å². The van der Waals surface area contributed by atoms with E-state index in [1.54, 1.807) is 0 Å². The highest BCUT2D eigenvalue weighted by molar-refractivity contribution is 5.63. The van der Waals surface area contributed by atoms with Gasteiger partial charge in [-0.15, -0.1) is 0 Å². The molecule has 0 aromatic heterocycles. The fourth-order valence-electron chi connectivity index (χ4n) is 0.930. The van der Waals surface area contributed by atoms with Crippen molar-refractivity contribution in [3.05, 3.63) is 18.2 Å². The van der Waals surface area contributed by atoms with E-state index in [4.69, 9.17) is 4.74 Å². The first-order valence-electron chi connectivity index (χ1n) is 3.65. The molecule has 70 valence electrons. The number of rotatable bonds is 3. The van der Waals surface area contributed by atoms with E-state index in [1.807, 2.05) is 0 Å². The number of aliphatic imine (C=N–C) groups is 2. The SMILES string of the molecule is COc1cc(N=C=O)ccc1N=C=O. The first-order chi connectivity index (χ1) is 6.81. The summed E-state index contributed by atoms with van der Waals surface area (Å²) in [7, 11) is 1.42. The highest BCUT2D eigenvalue weighted by Crippen LogP contribution is 2.30. The lowest BCUT2D eigenvalue weighted by Crippen LogP contribution is -1.82. The molecule has 1 aromatic rings. The van der Waals surface area contributed by atoms with Crippen LogP contribution in [0.2, 0.25) is 0 Å². The molecule has 1 rings (SSSR count). The zero-order valence-electron chi connectivity index (χ0n) is 7.35. The molecule has 0 bridgehead atoms. The molecule has 0 amide bonds. The molecule has 5 heteroatoms. The van der Waals surface area contributed by atoms with E-state index in [1.165, 1.54) is 37.5 Å². The summed E-state index contributed by atoms with van der Waals surface area (Å²) in [6.07, 6.45) is 2.80. The summed E-state index contributed by atoms with van der Waals surface area (Å²) in [6, 6.07) is 4.49. The number of isocyanates is 2. The number of hydrogen-bond donors (Lipinski definition) is 0. The monoisotopic (exact) mass is 190 g/mol. The van der Waals surface area contributed by atoms with Crippen LogP contribution in [-0.4, -0.2) is 19.3 Å². The average Bonchev–Trinajstić information content (AvgIpc) is 2.21. The minimum Gasteiger partial charge on any atom is -0.494 e. The molecule has 0 aliphatic heterocycles. The highest BCUT2D eigenvalue weighted by Gasteiger charge is 2.02. The van der Waals surface area contributed by atoms with Crippen LogP contribution in [0.15, 0.2) is 28.2 Å². The maximum Gasteiger partial charge on any atom is 0.240 e. The molecule has 0 fully saturated rings. The quantitative estimate of drug-likeness (QED) is 0.537. The van der Waals surface area contributed by atoms with Crippen molar-refractivity contribution in [2.75, 3.05) is 7.11 Å². The molecule has 0 unspecified atom stereocenters. The van der Waals surface area contributed by atoms with Crippen LogP contribution in [0.25, 0.3) is 0 Å². The van der Waals surface area contributed by atoms with Gasteiger partial charge in [0, 0.05) is 6.07 Å². The smallest absolute Gasteiger partial charge is 0.240 e. The summed E-state index contributed by atoms with van der Waals surface area (Å²) >= 11 is 0. The van der Waals surface area contributed by atoms with Crippen molar-refractivity contribution in [3.8, 4) is 5.75 Å². The molecular formula is C9H6N2O3. The molecule has 14 heavy (non-hydrogen) atoms. The third-order valence-corrected chi connectivity index (χ3v) is 1.50. The molecule has 0 spiro atoms. The molecule has 0 saturated carbocycles. The second-order valence-electron chi connectivity index (χ2n) is 2.26. The predicted octanol–water partition coefficient (Wildman–Crippen LogP) is 1.63. The number of ether oxygens (including phenoxy) is 1. The molecule has 0 radical (unpaired) electrons. The second kappa shape index (κ2) is 4.72. The van der Waals surface area contributed by atoms with Crippen LogP contribution < -0.4 is 4.74 Å². The van der Waals surface area contributed by atoms with Gasteiger partial charge < -0.3 is 4.74 Å². The Kier molecular flexibility index (Phi) is 3.33. The molecule has 0 saturated heterocycles. The van der Waals surface area contributed by atoms with E-state index in [0.29, 0.717) is 17.1 Å². The second-order valence-corrected chi connectivity index (χ2v) is 2.26. The Morgan fingerprint density at radius 1 is 1.21 bits per heavy atom. The zero-order valence-corrected chi connectivity index (χ0v) is 7.35. The first kappa shape index (κ1) is 9.86. The average molecular weight is 190 g/mol. The summed E-state index contributed by atoms with van der Waals surface area (Å²) in [4.78, 5) is 26.8. The Bertz CT molecular complexity index is 430. The lowest BCUT2D eigenvalue weighted by Gasteiger charge is -2.02. The van der Waals surface area contributed by atoms with Gasteiger partial charge in [0.05, 0.1) is 12.8 Å².